The number of benzene rings is 1. The van der Waals surface area contributed by atoms with Crippen LogP contribution in [0.4, 0.5) is 10.1 Å². The van der Waals surface area contributed by atoms with Gasteiger partial charge in [0.2, 0.25) is 0 Å². The maximum Gasteiger partial charge on any atom is 0.146 e. The molecule has 3 nitrogen and oxygen atoms in total. The van der Waals surface area contributed by atoms with Gasteiger partial charge >= 0.3 is 0 Å². The first-order valence-electron chi connectivity index (χ1n) is 5.96. The second-order valence-electron chi connectivity index (χ2n) is 3.98. The number of aryl methyl sites for hydroxylation is 1. The molecule has 0 bridgehead atoms. The zero-order valence-electron chi connectivity index (χ0n) is 10.6. The van der Waals surface area contributed by atoms with Crippen LogP contribution >= 0.6 is 0 Å². The Hall–Kier alpha value is -1.97. The fourth-order valence-corrected chi connectivity index (χ4v) is 1.87. The second-order valence-corrected chi connectivity index (χ2v) is 3.98. The van der Waals surface area contributed by atoms with E-state index in [1.54, 1.807) is 19.2 Å². The average Bonchev–Trinajstić information content (AvgIpc) is 2.85. The molecular formula is C14H17FN2O. The van der Waals surface area contributed by atoms with Crippen LogP contribution in [0.25, 0.3) is 0 Å². The molecule has 0 aliphatic heterocycles. The molecule has 0 aliphatic rings. The van der Waals surface area contributed by atoms with Crippen LogP contribution in [-0.4, -0.2) is 11.7 Å². The van der Waals surface area contributed by atoms with Gasteiger partial charge in [0.1, 0.15) is 11.6 Å². The van der Waals surface area contributed by atoms with Crippen molar-refractivity contribution in [2.75, 3.05) is 12.4 Å². The second kappa shape index (κ2) is 5.58. The van der Waals surface area contributed by atoms with Crippen molar-refractivity contribution in [3.05, 3.63) is 48.0 Å². The number of ether oxygens (including phenoxy) is 1. The lowest BCUT2D eigenvalue weighted by atomic mass is 10.2. The Balaban J connectivity index is 2.10. The van der Waals surface area contributed by atoms with E-state index >= 15 is 0 Å². The molecule has 0 amide bonds. The summed E-state index contributed by atoms with van der Waals surface area (Å²) in [6.45, 7) is 3.57. The normalized spacial score (nSPS) is 10.4. The smallest absolute Gasteiger partial charge is 0.146 e. The Morgan fingerprint density at radius 2 is 2.17 bits per heavy atom. The maximum absolute atomic E-state index is 13.6. The summed E-state index contributed by atoms with van der Waals surface area (Å²) in [5, 5.41) is 3.09. The maximum atomic E-state index is 13.6. The Morgan fingerprint density at radius 3 is 2.89 bits per heavy atom. The number of hydrogen-bond acceptors (Lipinski definition) is 2. The van der Waals surface area contributed by atoms with Gasteiger partial charge in [-0.05, 0) is 31.2 Å². The highest BCUT2D eigenvalue weighted by molar-refractivity contribution is 5.49. The van der Waals surface area contributed by atoms with Crippen LogP contribution in [0.2, 0.25) is 0 Å². The lowest BCUT2D eigenvalue weighted by Crippen LogP contribution is -2.07. The number of nitrogens with one attached hydrogen (secondary N) is 1. The molecule has 0 radical (unpaired) electrons. The van der Waals surface area contributed by atoms with Crippen LogP contribution in [0.15, 0.2) is 36.5 Å². The standard InChI is InChI=1S/C14H17FN2O/c1-3-17-8-4-5-11(17)10-16-14-9-12(18-2)6-7-13(14)15/h4-9,16H,3,10H2,1-2H3. The molecule has 0 aliphatic carbocycles. The van der Waals surface area contributed by atoms with Crippen LogP contribution in [0, 0.1) is 5.82 Å². The van der Waals surface area contributed by atoms with Gasteiger partial charge in [-0.3, -0.25) is 0 Å². The van der Waals surface area contributed by atoms with Gasteiger partial charge in [-0.1, -0.05) is 0 Å². The molecule has 0 saturated carbocycles. The minimum absolute atomic E-state index is 0.273. The van der Waals surface area contributed by atoms with Gasteiger partial charge in [0.05, 0.1) is 19.3 Å². The minimum atomic E-state index is -0.273. The third-order valence-corrected chi connectivity index (χ3v) is 2.90. The van der Waals surface area contributed by atoms with Crippen molar-refractivity contribution in [3.8, 4) is 5.75 Å². The molecule has 0 spiro atoms. The van der Waals surface area contributed by atoms with E-state index in [9.17, 15) is 4.39 Å². The molecule has 1 heterocycles. The lowest BCUT2D eigenvalue weighted by Gasteiger charge is -2.11. The molecule has 0 fully saturated rings. The van der Waals surface area contributed by atoms with Crippen molar-refractivity contribution in [1.82, 2.24) is 4.57 Å². The van der Waals surface area contributed by atoms with Gasteiger partial charge in [0, 0.05) is 24.5 Å². The van der Waals surface area contributed by atoms with E-state index in [2.05, 4.69) is 16.8 Å². The van der Waals surface area contributed by atoms with Crippen molar-refractivity contribution < 1.29 is 9.13 Å². The Kier molecular flexibility index (Phi) is 3.87. The van der Waals surface area contributed by atoms with E-state index in [0.717, 1.165) is 12.2 Å². The first-order chi connectivity index (χ1) is 8.74. The fraction of sp³-hybridized carbons (Fsp3) is 0.286. The summed E-state index contributed by atoms with van der Waals surface area (Å²) in [5.41, 5.74) is 1.58. The number of anilines is 1. The van der Waals surface area contributed by atoms with E-state index in [4.69, 9.17) is 4.74 Å². The van der Waals surface area contributed by atoms with E-state index in [-0.39, 0.29) is 5.82 Å². The van der Waals surface area contributed by atoms with Crippen LogP contribution in [0.3, 0.4) is 0 Å². The minimum Gasteiger partial charge on any atom is -0.497 e. The molecule has 96 valence electrons. The highest BCUT2D eigenvalue weighted by atomic mass is 19.1. The molecule has 1 N–H and O–H groups in total. The van der Waals surface area contributed by atoms with Crippen molar-refractivity contribution in [1.29, 1.82) is 0 Å². The van der Waals surface area contributed by atoms with Crippen molar-refractivity contribution in [2.45, 2.75) is 20.0 Å². The summed E-state index contributed by atoms with van der Waals surface area (Å²) >= 11 is 0. The van der Waals surface area contributed by atoms with Gasteiger partial charge in [0.15, 0.2) is 0 Å². The number of aromatic nitrogens is 1. The van der Waals surface area contributed by atoms with Gasteiger partial charge in [-0.25, -0.2) is 4.39 Å². The summed E-state index contributed by atoms with van der Waals surface area (Å²) < 4.78 is 20.8. The molecule has 2 rings (SSSR count). The van der Waals surface area contributed by atoms with E-state index in [1.165, 1.54) is 6.07 Å². The van der Waals surface area contributed by atoms with Gasteiger partial charge in [-0.15, -0.1) is 0 Å². The summed E-state index contributed by atoms with van der Waals surface area (Å²) in [7, 11) is 1.57. The zero-order chi connectivity index (χ0) is 13.0. The number of halogens is 1. The SMILES string of the molecule is CCn1cccc1CNc1cc(OC)ccc1F. The third-order valence-electron chi connectivity index (χ3n) is 2.90. The van der Waals surface area contributed by atoms with Crippen molar-refractivity contribution >= 4 is 5.69 Å². The summed E-state index contributed by atoms with van der Waals surface area (Å²) in [6, 6.07) is 8.68. The molecule has 18 heavy (non-hydrogen) atoms. The topological polar surface area (TPSA) is 26.2 Å². The van der Waals surface area contributed by atoms with Crippen molar-refractivity contribution in [3.63, 3.8) is 0 Å². The van der Waals surface area contributed by atoms with Crippen LogP contribution in [0.5, 0.6) is 5.75 Å². The average molecular weight is 248 g/mol. The first-order valence-corrected chi connectivity index (χ1v) is 5.96. The zero-order valence-corrected chi connectivity index (χ0v) is 10.6. The predicted molar refractivity (Wildman–Crippen MR) is 70.4 cm³/mol. The Bertz CT molecular complexity index is 522. The molecule has 1 aromatic carbocycles. The van der Waals surface area contributed by atoms with E-state index in [1.807, 2.05) is 18.3 Å². The molecule has 1 aromatic heterocycles. The quantitative estimate of drug-likeness (QED) is 0.879. The number of rotatable bonds is 5. The summed E-state index contributed by atoms with van der Waals surface area (Å²) in [6.07, 6.45) is 2.01. The van der Waals surface area contributed by atoms with Gasteiger partial charge < -0.3 is 14.6 Å². The number of methoxy groups -OCH3 is 1. The van der Waals surface area contributed by atoms with Crippen LogP contribution < -0.4 is 10.1 Å². The number of hydrogen-bond donors (Lipinski definition) is 1. The van der Waals surface area contributed by atoms with Gasteiger partial charge in [-0.2, -0.15) is 0 Å². The highest BCUT2D eigenvalue weighted by Gasteiger charge is 2.05. The predicted octanol–water partition coefficient (Wildman–Crippen LogP) is 3.27. The van der Waals surface area contributed by atoms with Crippen LogP contribution in [0.1, 0.15) is 12.6 Å². The third kappa shape index (κ3) is 2.64. The molecule has 0 atom stereocenters. The molecular weight excluding hydrogens is 231 g/mol. The lowest BCUT2D eigenvalue weighted by molar-refractivity contribution is 0.414. The van der Waals surface area contributed by atoms with E-state index in [0.29, 0.717) is 18.0 Å². The largest absolute Gasteiger partial charge is 0.497 e. The fourth-order valence-electron chi connectivity index (χ4n) is 1.87. The molecule has 2 aromatic rings. The number of nitrogens with zero attached hydrogens (tertiary/aromatic N) is 1. The van der Waals surface area contributed by atoms with Crippen LogP contribution in [-0.2, 0) is 13.1 Å². The summed E-state index contributed by atoms with van der Waals surface area (Å²) in [5.74, 6) is 0.371. The summed E-state index contributed by atoms with van der Waals surface area (Å²) in [4.78, 5) is 0. The monoisotopic (exact) mass is 248 g/mol. The molecule has 0 unspecified atom stereocenters. The van der Waals surface area contributed by atoms with Crippen molar-refractivity contribution in [2.24, 2.45) is 0 Å². The molecule has 4 heteroatoms. The Morgan fingerprint density at radius 1 is 1.33 bits per heavy atom. The highest BCUT2D eigenvalue weighted by Crippen LogP contribution is 2.21. The van der Waals surface area contributed by atoms with E-state index < -0.39 is 0 Å². The van der Waals surface area contributed by atoms with Gasteiger partial charge in [0.25, 0.3) is 0 Å². The molecule has 0 saturated heterocycles. The Labute approximate surface area is 106 Å². The first kappa shape index (κ1) is 12.5.